The lowest BCUT2D eigenvalue weighted by Gasteiger charge is -2.36. The highest BCUT2D eigenvalue weighted by molar-refractivity contribution is 6.32. The summed E-state index contributed by atoms with van der Waals surface area (Å²) in [6.07, 6.45) is 6.72. The molecule has 2 rings (SSSR count). The molecule has 0 amide bonds. The zero-order chi connectivity index (χ0) is 14.8. The van der Waals surface area contributed by atoms with Gasteiger partial charge in [0.2, 0.25) is 0 Å². The first-order valence-electron chi connectivity index (χ1n) is 7.40. The molecule has 1 aliphatic rings. The quantitative estimate of drug-likeness (QED) is 0.680. The van der Waals surface area contributed by atoms with E-state index in [1.54, 1.807) is 0 Å². The average molecular weight is 338 g/mol. The van der Waals surface area contributed by atoms with Gasteiger partial charge in [0.25, 0.3) is 0 Å². The van der Waals surface area contributed by atoms with Gasteiger partial charge in [-0.3, -0.25) is 4.68 Å². The van der Waals surface area contributed by atoms with E-state index in [-0.39, 0.29) is 5.41 Å². The summed E-state index contributed by atoms with van der Waals surface area (Å²) >= 11 is 19.2. The Bertz CT molecular complexity index is 446. The van der Waals surface area contributed by atoms with Crippen molar-refractivity contribution in [2.24, 2.45) is 18.4 Å². The van der Waals surface area contributed by atoms with Crippen LogP contribution in [0.15, 0.2) is 0 Å². The average Bonchev–Trinajstić information content (AvgIpc) is 3.08. The molecule has 1 aromatic rings. The van der Waals surface area contributed by atoms with E-state index in [2.05, 4.69) is 12.0 Å². The Morgan fingerprint density at radius 2 is 1.85 bits per heavy atom. The fourth-order valence-corrected chi connectivity index (χ4v) is 4.65. The van der Waals surface area contributed by atoms with E-state index >= 15 is 0 Å². The third-order valence-electron chi connectivity index (χ3n) is 4.78. The van der Waals surface area contributed by atoms with Crippen LogP contribution in [0.4, 0.5) is 0 Å². The van der Waals surface area contributed by atoms with E-state index in [0.29, 0.717) is 17.7 Å². The lowest BCUT2D eigenvalue weighted by atomic mass is 9.74. The molecule has 0 aliphatic heterocycles. The summed E-state index contributed by atoms with van der Waals surface area (Å²) in [6.45, 7) is 2.07. The highest BCUT2D eigenvalue weighted by Crippen LogP contribution is 2.45. The first kappa shape index (κ1) is 16.5. The molecule has 0 radical (unpaired) electrons. The maximum absolute atomic E-state index is 6.49. The van der Waals surface area contributed by atoms with Crippen molar-refractivity contribution in [3.63, 3.8) is 0 Å². The Morgan fingerprint density at radius 3 is 2.30 bits per heavy atom. The summed E-state index contributed by atoms with van der Waals surface area (Å²) in [4.78, 5) is 0. The fourth-order valence-electron chi connectivity index (χ4n) is 3.38. The molecule has 2 nitrogen and oxygen atoms in total. The molecule has 0 unspecified atom stereocenters. The van der Waals surface area contributed by atoms with Gasteiger partial charge >= 0.3 is 0 Å². The van der Waals surface area contributed by atoms with E-state index in [9.17, 15) is 0 Å². The van der Waals surface area contributed by atoms with Gasteiger partial charge < -0.3 is 0 Å². The van der Waals surface area contributed by atoms with Crippen molar-refractivity contribution < 1.29 is 0 Å². The molecule has 0 spiro atoms. The van der Waals surface area contributed by atoms with Crippen molar-refractivity contribution >= 4 is 34.8 Å². The number of aryl methyl sites for hydroxylation is 2. The normalized spacial score (nSPS) is 17.1. The molecule has 0 atom stereocenters. The molecule has 0 saturated heterocycles. The van der Waals surface area contributed by atoms with Crippen molar-refractivity contribution in [3.8, 4) is 0 Å². The van der Waals surface area contributed by atoms with E-state index in [4.69, 9.17) is 34.8 Å². The number of aromatic nitrogens is 2. The minimum Gasteiger partial charge on any atom is -0.271 e. The molecule has 5 heteroatoms. The number of hydrogen-bond donors (Lipinski definition) is 0. The second-order valence-corrected chi connectivity index (χ2v) is 6.88. The molecule has 1 heterocycles. The summed E-state index contributed by atoms with van der Waals surface area (Å²) in [5.41, 5.74) is 1.99. The minimum absolute atomic E-state index is 0.0535. The Hall–Kier alpha value is 0.0800. The summed E-state index contributed by atoms with van der Waals surface area (Å²) in [7, 11) is 1.96. The van der Waals surface area contributed by atoms with Crippen molar-refractivity contribution in [1.82, 2.24) is 9.78 Å². The molecule has 1 fully saturated rings. The molecule has 0 bridgehead atoms. The third kappa shape index (κ3) is 2.98. The SMILES string of the molecule is CCc1nn(C)c(CC(CCl)(CCl)C2CCCC2)c1Cl. The van der Waals surface area contributed by atoms with Crippen LogP contribution in [-0.2, 0) is 19.9 Å². The van der Waals surface area contributed by atoms with Crippen LogP contribution in [0.3, 0.4) is 0 Å². The number of alkyl halides is 2. The minimum atomic E-state index is -0.0535. The van der Waals surface area contributed by atoms with Crippen LogP contribution in [0.25, 0.3) is 0 Å². The predicted octanol–water partition coefficient (Wildman–Crippen LogP) is 4.83. The number of hydrogen-bond acceptors (Lipinski definition) is 1. The lowest BCUT2D eigenvalue weighted by Crippen LogP contribution is -2.36. The van der Waals surface area contributed by atoms with E-state index in [1.165, 1.54) is 25.7 Å². The first-order chi connectivity index (χ1) is 9.57. The topological polar surface area (TPSA) is 17.8 Å². The van der Waals surface area contributed by atoms with Gasteiger partial charge in [0, 0.05) is 24.2 Å². The van der Waals surface area contributed by atoms with E-state index < -0.39 is 0 Å². The fraction of sp³-hybridized carbons (Fsp3) is 0.800. The van der Waals surface area contributed by atoms with Crippen molar-refractivity contribution in [3.05, 3.63) is 16.4 Å². The predicted molar refractivity (Wildman–Crippen MR) is 87.1 cm³/mol. The molecular formula is C15H23Cl3N2. The van der Waals surface area contributed by atoms with Gasteiger partial charge in [0.15, 0.2) is 0 Å². The number of nitrogens with zero attached hydrogens (tertiary/aromatic N) is 2. The maximum Gasteiger partial charge on any atom is 0.0849 e. The highest BCUT2D eigenvalue weighted by atomic mass is 35.5. The van der Waals surface area contributed by atoms with Crippen LogP contribution < -0.4 is 0 Å². The standard InChI is InChI=1S/C15H23Cl3N2/c1-3-12-14(18)13(20(2)19-12)8-15(9-16,10-17)11-6-4-5-7-11/h11H,3-10H2,1-2H3. The molecule has 1 aliphatic carbocycles. The Kier molecular flexibility index (Phi) is 5.67. The number of halogens is 3. The second kappa shape index (κ2) is 6.89. The summed E-state index contributed by atoms with van der Waals surface area (Å²) in [5.74, 6) is 1.78. The van der Waals surface area contributed by atoms with Crippen molar-refractivity contribution in [2.45, 2.75) is 45.4 Å². The molecule has 0 aromatic carbocycles. The van der Waals surface area contributed by atoms with Crippen LogP contribution >= 0.6 is 34.8 Å². The molecule has 1 aromatic heterocycles. The summed E-state index contributed by atoms with van der Waals surface area (Å²) in [6, 6.07) is 0. The highest BCUT2D eigenvalue weighted by Gasteiger charge is 2.40. The van der Waals surface area contributed by atoms with Gasteiger partial charge in [0.05, 0.1) is 16.4 Å². The van der Waals surface area contributed by atoms with Gasteiger partial charge in [-0.15, -0.1) is 23.2 Å². The van der Waals surface area contributed by atoms with E-state index in [1.807, 2.05) is 11.7 Å². The van der Waals surface area contributed by atoms with Gasteiger partial charge in [-0.05, 0) is 31.6 Å². The van der Waals surface area contributed by atoms with E-state index in [0.717, 1.165) is 29.3 Å². The van der Waals surface area contributed by atoms with Crippen molar-refractivity contribution in [1.29, 1.82) is 0 Å². The van der Waals surface area contributed by atoms with Crippen LogP contribution in [0.2, 0.25) is 5.02 Å². The van der Waals surface area contributed by atoms with Crippen LogP contribution in [0, 0.1) is 11.3 Å². The smallest absolute Gasteiger partial charge is 0.0849 e. The van der Waals surface area contributed by atoms with Gasteiger partial charge in [-0.2, -0.15) is 5.10 Å². The third-order valence-corrected chi connectivity index (χ3v) is 6.28. The summed E-state index contributed by atoms with van der Waals surface area (Å²) < 4.78 is 1.91. The van der Waals surface area contributed by atoms with Gasteiger partial charge in [-0.25, -0.2) is 0 Å². The van der Waals surface area contributed by atoms with Gasteiger partial charge in [-0.1, -0.05) is 31.4 Å². The van der Waals surface area contributed by atoms with Gasteiger partial charge in [0.1, 0.15) is 0 Å². The van der Waals surface area contributed by atoms with Crippen LogP contribution in [-0.4, -0.2) is 21.5 Å². The Labute approximate surface area is 136 Å². The Morgan fingerprint density at radius 1 is 1.25 bits per heavy atom. The maximum atomic E-state index is 6.49. The van der Waals surface area contributed by atoms with Crippen LogP contribution in [0.5, 0.6) is 0 Å². The summed E-state index contributed by atoms with van der Waals surface area (Å²) in [5, 5.41) is 5.31. The zero-order valence-corrected chi connectivity index (χ0v) is 14.5. The Balaban J connectivity index is 2.30. The molecule has 1 saturated carbocycles. The lowest BCUT2D eigenvalue weighted by molar-refractivity contribution is 0.220. The molecular weight excluding hydrogens is 315 g/mol. The monoisotopic (exact) mass is 336 g/mol. The molecule has 20 heavy (non-hydrogen) atoms. The molecule has 114 valence electrons. The molecule has 0 N–H and O–H groups in total. The van der Waals surface area contributed by atoms with Crippen LogP contribution in [0.1, 0.15) is 44.0 Å². The van der Waals surface area contributed by atoms with Crippen molar-refractivity contribution in [2.75, 3.05) is 11.8 Å². The second-order valence-electron chi connectivity index (χ2n) is 5.97. The first-order valence-corrected chi connectivity index (χ1v) is 8.84. The number of rotatable bonds is 6. The zero-order valence-electron chi connectivity index (χ0n) is 12.3. The largest absolute Gasteiger partial charge is 0.271 e.